The maximum atomic E-state index is 5.97. The minimum Gasteiger partial charge on any atom is -0.307 e. The molecule has 0 bridgehead atoms. The Hall–Kier alpha value is -0.570. The van der Waals surface area contributed by atoms with Crippen molar-refractivity contribution in [3.05, 3.63) is 34.9 Å². The van der Waals surface area contributed by atoms with Crippen molar-refractivity contribution in [1.82, 2.24) is 10.2 Å². The fourth-order valence-electron chi connectivity index (χ4n) is 3.07. The lowest BCUT2D eigenvalue weighted by molar-refractivity contribution is 0.190. The van der Waals surface area contributed by atoms with Crippen molar-refractivity contribution >= 4 is 11.6 Å². The predicted octanol–water partition coefficient (Wildman–Crippen LogP) is 4.26. The van der Waals surface area contributed by atoms with Gasteiger partial charge < -0.3 is 10.2 Å². The number of halogens is 1. The molecule has 3 heteroatoms. The molecule has 1 aliphatic heterocycles. The predicted molar refractivity (Wildman–Crippen MR) is 87.4 cm³/mol. The van der Waals surface area contributed by atoms with Gasteiger partial charge in [-0.25, -0.2) is 0 Å². The molecule has 1 aromatic carbocycles. The molecule has 0 saturated carbocycles. The largest absolute Gasteiger partial charge is 0.307 e. The van der Waals surface area contributed by atoms with Gasteiger partial charge in [0, 0.05) is 17.1 Å². The van der Waals surface area contributed by atoms with Crippen LogP contribution in [0.25, 0.3) is 0 Å². The summed E-state index contributed by atoms with van der Waals surface area (Å²) in [5.41, 5.74) is 1.35. The Morgan fingerprint density at radius 2 is 1.85 bits per heavy atom. The number of piperidine rings is 1. The molecular formula is C17H27ClN2. The Balaban J connectivity index is 1.86. The highest BCUT2D eigenvalue weighted by molar-refractivity contribution is 6.30. The smallest absolute Gasteiger partial charge is 0.0406 e. The van der Waals surface area contributed by atoms with E-state index in [1.54, 1.807) is 0 Å². The summed E-state index contributed by atoms with van der Waals surface area (Å²) < 4.78 is 0. The van der Waals surface area contributed by atoms with E-state index in [4.69, 9.17) is 11.6 Å². The number of likely N-dealkylation sites (tertiary alicyclic amines) is 1. The van der Waals surface area contributed by atoms with Crippen molar-refractivity contribution in [2.75, 3.05) is 19.6 Å². The lowest BCUT2D eigenvalue weighted by atomic mass is 9.99. The van der Waals surface area contributed by atoms with Crippen LogP contribution < -0.4 is 5.32 Å². The molecule has 2 nitrogen and oxygen atoms in total. The van der Waals surface area contributed by atoms with Crippen LogP contribution in [0.4, 0.5) is 0 Å². The maximum Gasteiger partial charge on any atom is 0.0406 e. The molecule has 1 aliphatic rings. The summed E-state index contributed by atoms with van der Waals surface area (Å²) in [6.45, 7) is 8.24. The van der Waals surface area contributed by atoms with Gasteiger partial charge >= 0.3 is 0 Å². The molecule has 1 saturated heterocycles. The van der Waals surface area contributed by atoms with Gasteiger partial charge in [0.15, 0.2) is 0 Å². The Morgan fingerprint density at radius 1 is 1.20 bits per heavy atom. The summed E-state index contributed by atoms with van der Waals surface area (Å²) in [6, 6.07) is 9.39. The minimum absolute atomic E-state index is 0.454. The number of hydrogen-bond donors (Lipinski definition) is 1. The van der Waals surface area contributed by atoms with Gasteiger partial charge in [-0.2, -0.15) is 0 Å². The zero-order valence-corrected chi connectivity index (χ0v) is 13.5. The first kappa shape index (κ1) is 15.8. The summed E-state index contributed by atoms with van der Waals surface area (Å²) in [5.74, 6) is 0. The normalized spacial score (nSPS) is 19.1. The van der Waals surface area contributed by atoms with Gasteiger partial charge in [0.1, 0.15) is 0 Å². The van der Waals surface area contributed by atoms with Crippen LogP contribution >= 0.6 is 11.6 Å². The molecule has 1 N–H and O–H groups in total. The number of hydrogen-bond acceptors (Lipinski definition) is 2. The molecule has 2 rings (SSSR count). The first-order chi connectivity index (χ1) is 9.72. The van der Waals surface area contributed by atoms with Crippen molar-refractivity contribution in [1.29, 1.82) is 0 Å². The standard InChI is InChI=1S/C17H27ClN2/c1-3-11-20-12-9-16(10-13-20)19-17(4-2)14-5-7-15(18)8-6-14/h5-8,16-17,19H,3-4,9-13H2,1-2H3. The van der Waals surface area contributed by atoms with Gasteiger partial charge in [0.05, 0.1) is 0 Å². The van der Waals surface area contributed by atoms with E-state index in [0.29, 0.717) is 12.1 Å². The van der Waals surface area contributed by atoms with Crippen LogP contribution in [0.5, 0.6) is 0 Å². The molecule has 0 spiro atoms. The van der Waals surface area contributed by atoms with E-state index in [2.05, 4.69) is 36.2 Å². The van der Waals surface area contributed by atoms with Gasteiger partial charge in [-0.05, 0) is 63.0 Å². The second kappa shape index (κ2) is 8.02. The molecular weight excluding hydrogens is 268 g/mol. The van der Waals surface area contributed by atoms with Crippen molar-refractivity contribution in [2.45, 2.75) is 51.6 Å². The van der Waals surface area contributed by atoms with Crippen LogP contribution in [-0.2, 0) is 0 Å². The molecule has 0 aliphatic carbocycles. The third-order valence-corrected chi connectivity index (χ3v) is 4.50. The van der Waals surface area contributed by atoms with Gasteiger partial charge in [-0.1, -0.05) is 37.6 Å². The van der Waals surface area contributed by atoms with Crippen molar-refractivity contribution in [3.8, 4) is 0 Å². The minimum atomic E-state index is 0.454. The number of nitrogens with one attached hydrogen (secondary N) is 1. The topological polar surface area (TPSA) is 15.3 Å². The van der Waals surface area contributed by atoms with Gasteiger partial charge in [-0.15, -0.1) is 0 Å². The van der Waals surface area contributed by atoms with Crippen LogP contribution in [-0.4, -0.2) is 30.6 Å². The Morgan fingerprint density at radius 3 is 2.40 bits per heavy atom. The first-order valence-corrected chi connectivity index (χ1v) is 8.34. The fourth-order valence-corrected chi connectivity index (χ4v) is 3.19. The third-order valence-electron chi connectivity index (χ3n) is 4.24. The van der Waals surface area contributed by atoms with Crippen LogP contribution in [0.3, 0.4) is 0 Å². The van der Waals surface area contributed by atoms with Crippen LogP contribution in [0, 0.1) is 0 Å². The highest BCUT2D eigenvalue weighted by atomic mass is 35.5. The Labute approximate surface area is 128 Å². The van der Waals surface area contributed by atoms with Crippen molar-refractivity contribution < 1.29 is 0 Å². The average Bonchev–Trinajstić information content (AvgIpc) is 2.48. The third kappa shape index (κ3) is 4.47. The van der Waals surface area contributed by atoms with Gasteiger partial charge in [0.25, 0.3) is 0 Å². The van der Waals surface area contributed by atoms with Gasteiger partial charge in [-0.3, -0.25) is 0 Å². The first-order valence-electron chi connectivity index (χ1n) is 7.96. The lowest BCUT2D eigenvalue weighted by Gasteiger charge is -2.34. The average molecular weight is 295 g/mol. The molecule has 0 aromatic heterocycles. The second-order valence-electron chi connectivity index (χ2n) is 5.79. The highest BCUT2D eigenvalue weighted by Gasteiger charge is 2.21. The molecule has 112 valence electrons. The second-order valence-corrected chi connectivity index (χ2v) is 6.23. The molecule has 0 radical (unpaired) electrons. The molecule has 1 atom stereocenters. The summed E-state index contributed by atoms with van der Waals surface area (Å²) in [6.07, 6.45) is 4.92. The van der Waals surface area contributed by atoms with E-state index >= 15 is 0 Å². The number of benzene rings is 1. The van der Waals surface area contributed by atoms with Crippen LogP contribution in [0.15, 0.2) is 24.3 Å². The monoisotopic (exact) mass is 294 g/mol. The number of nitrogens with zero attached hydrogens (tertiary/aromatic N) is 1. The summed E-state index contributed by atoms with van der Waals surface area (Å²) in [5, 5.41) is 4.65. The molecule has 1 fully saturated rings. The zero-order chi connectivity index (χ0) is 14.4. The highest BCUT2D eigenvalue weighted by Crippen LogP contribution is 2.22. The molecule has 0 amide bonds. The van der Waals surface area contributed by atoms with Crippen LogP contribution in [0.1, 0.15) is 51.1 Å². The molecule has 20 heavy (non-hydrogen) atoms. The van der Waals surface area contributed by atoms with E-state index in [-0.39, 0.29) is 0 Å². The lowest BCUT2D eigenvalue weighted by Crippen LogP contribution is -2.43. The van der Waals surface area contributed by atoms with E-state index in [1.165, 1.54) is 44.5 Å². The SMILES string of the molecule is CCCN1CCC(NC(CC)c2ccc(Cl)cc2)CC1. The maximum absolute atomic E-state index is 5.97. The van der Waals surface area contributed by atoms with Crippen molar-refractivity contribution in [2.24, 2.45) is 0 Å². The molecule has 1 heterocycles. The quantitative estimate of drug-likeness (QED) is 0.843. The summed E-state index contributed by atoms with van der Waals surface area (Å²) in [7, 11) is 0. The van der Waals surface area contributed by atoms with Crippen molar-refractivity contribution in [3.63, 3.8) is 0 Å². The van der Waals surface area contributed by atoms with E-state index in [1.807, 2.05) is 12.1 Å². The van der Waals surface area contributed by atoms with E-state index < -0.39 is 0 Å². The Bertz CT molecular complexity index is 382. The van der Waals surface area contributed by atoms with Crippen LogP contribution in [0.2, 0.25) is 5.02 Å². The zero-order valence-electron chi connectivity index (χ0n) is 12.7. The molecule has 1 unspecified atom stereocenters. The summed E-state index contributed by atoms with van der Waals surface area (Å²) >= 11 is 5.97. The number of rotatable bonds is 6. The Kier molecular flexibility index (Phi) is 6.34. The summed E-state index contributed by atoms with van der Waals surface area (Å²) in [4.78, 5) is 2.58. The van der Waals surface area contributed by atoms with E-state index in [9.17, 15) is 0 Å². The molecule has 1 aromatic rings. The van der Waals surface area contributed by atoms with Gasteiger partial charge in [0.2, 0.25) is 0 Å². The fraction of sp³-hybridized carbons (Fsp3) is 0.647. The van der Waals surface area contributed by atoms with E-state index in [0.717, 1.165) is 11.4 Å².